The monoisotopic (exact) mass is 356 g/mol. The molecule has 0 radical (unpaired) electrons. The molecule has 7 N–H and O–H groups in total. The summed E-state index contributed by atoms with van der Waals surface area (Å²) >= 11 is 0. The summed E-state index contributed by atoms with van der Waals surface area (Å²) in [4.78, 5) is 12.4. The molecule has 3 rings (SSSR count). The molecule has 2 aliphatic heterocycles. The van der Waals surface area contributed by atoms with Gasteiger partial charge in [0.15, 0.2) is 0 Å². The van der Waals surface area contributed by atoms with Crippen molar-refractivity contribution >= 4 is 6.03 Å². The van der Waals surface area contributed by atoms with E-state index in [1.165, 1.54) is 0 Å². The zero-order valence-electron chi connectivity index (χ0n) is 14.9. The number of ether oxygens (including phenoxy) is 2. The van der Waals surface area contributed by atoms with Crippen molar-refractivity contribution in [2.45, 2.75) is 69.4 Å². The van der Waals surface area contributed by atoms with Crippen molar-refractivity contribution in [2.75, 3.05) is 26.3 Å². The van der Waals surface area contributed by atoms with Gasteiger partial charge in [0.1, 0.15) is 6.29 Å². The maximum atomic E-state index is 12.4. The van der Waals surface area contributed by atoms with Gasteiger partial charge in [-0.1, -0.05) is 0 Å². The molecule has 2 heterocycles. The van der Waals surface area contributed by atoms with Gasteiger partial charge in [-0.25, -0.2) is 4.79 Å². The van der Waals surface area contributed by atoms with Crippen LogP contribution < -0.4 is 32.3 Å². The fraction of sp³-hybridized carbons (Fsp3) is 0.938. The molecule has 9 nitrogen and oxygen atoms in total. The van der Waals surface area contributed by atoms with Crippen LogP contribution in [0.5, 0.6) is 0 Å². The SMILES string of the molecule is CC1CC(NCCN)NC(NC(=O)NC2CCC3OCCOC3C2)N1. The van der Waals surface area contributed by atoms with E-state index < -0.39 is 0 Å². The van der Waals surface area contributed by atoms with Gasteiger partial charge in [-0.15, -0.1) is 0 Å². The van der Waals surface area contributed by atoms with E-state index in [0.717, 1.165) is 32.2 Å². The average Bonchev–Trinajstić information content (AvgIpc) is 2.59. The van der Waals surface area contributed by atoms with Crippen molar-refractivity contribution in [3.05, 3.63) is 0 Å². The highest BCUT2D eigenvalue weighted by molar-refractivity contribution is 5.74. The summed E-state index contributed by atoms with van der Waals surface area (Å²) in [6.45, 7) is 4.76. The first kappa shape index (κ1) is 18.8. The third-order valence-electron chi connectivity index (χ3n) is 5.03. The molecule has 1 aliphatic carbocycles. The summed E-state index contributed by atoms with van der Waals surface area (Å²) in [7, 11) is 0. The van der Waals surface area contributed by atoms with Crippen molar-refractivity contribution in [3.8, 4) is 0 Å². The van der Waals surface area contributed by atoms with E-state index in [1.54, 1.807) is 0 Å². The van der Waals surface area contributed by atoms with Gasteiger partial charge in [0.05, 0.1) is 31.6 Å². The summed E-state index contributed by atoms with van der Waals surface area (Å²) in [5, 5.41) is 16.0. The Hall–Kier alpha value is -0.970. The van der Waals surface area contributed by atoms with Gasteiger partial charge in [0.2, 0.25) is 0 Å². The molecule has 2 amide bonds. The number of amides is 2. The van der Waals surface area contributed by atoms with Gasteiger partial charge >= 0.3 is 6.03 Å². The van der Waals surface area contributed by atoms with Crippen LogP contribution >= 0.6 is 0 Å². The zero-order valence-corrected chi connectivity index (χ0v) is 14.9. The smallest absolute Gasteiger partial charge is 0.317 e. The van der Waals surface area contributed by atoms with Crippen LogP contribution in [-0.2, 0) is 9.47 Å². The Morgan fingerprint density at radius 1 is 1.12 bits per heavy atom. The van der Waals surface area contributed by atoms with E-state index in [2.05, 4.69) is 33.5 Å². The molecule has 0 aromatic carbocycles. The van der Waals surface area contributed by atoms with Crippen LogP contribution in [0.1, 0.15) is 32.6 Å². The lowest BCUT2D eigenvalue weighted by atomic mass is 9.90. The minimum atomic E-state index is -0.273. The molecular weight excluding hydrogens is 324 g/mol. The number of nitrogens with one attached hydrogen (secondary N) is 5. The quantitative estimate of drug-likeness (QED) is 0.364. The zero-order chi connectivity index (χ0) is 17.6. The highest BCUT2D eigenvalue weighted by Gasteiger charge is 2.35. The molecule has 0 spiro atoms. The Bertz CT molecular complexity index is 440. The van der Waals surface area contributed by atoms with Crippen molar-refractivity contribution < 1.29 is 14.3 Å². The fourth-order valence-electron chi connectivity index (χ4n) is 3.86. The molecule has 144 valence electrons. The van der Waals surface area contributed by atoms with Gasteiger partial charge < -0.3 is 31.2 Å². The first-order valence-corrected chi connectivity index (χ1v) is 9.40. The minimum Gasteiger partial charge on any atom is -0.373 e. The minimum absolute atomic E-state index is 0.101. The first-order chi connectivity index (χ1) is 12.1. The Labute approximate surface area is 149 Å². The number of carbonyl (C=O) groups excluding carboxylic acids is 1. The predicted molar refractivity (Wildman–Crippen MR) is 93.8 cm³/mol. The van der Waals surface area contributed by atoms with Crippen LogP contribution in [0.2, 0.25) is 0 Å². The Balaban J connectivity index is 1.42. The number of rotatable bonds is 5. The molecule has 9 heteroatoms. The van der Waals surface area contributed by atoms with E-state index in [9.17, 15) is 4.79 Å². The van der Waals surface area contributed by atoms with Gasteiger partial charge in [0.25, 0.3) is 0 Å². The van der Waals surface area contributed by atoms with Crippen LogP contribution in [0.15, 0.2) is 0 Å². The normalized spacial score (nSPS) is 38.6. The lowest BCUT2D eigenvalue weighted by molar-refractivity contribution is -0.157. The van der Waals surface area contributed by atoms with Crippen LogP contribution in [0.25, 0.3) is 0 Å². The van der Waals surface area contributed by atoms with E-state index >= 15 is 0 Å². The molecule has 2 saturated heterocycles. The average molecular weight is 356 g/mol. The van der Waals surface area contributed by atoms with Gasteiger partial charge in [-0.05, 0) is 32.6 Å². The van der Waals surface area contributed by atoms with E-state index in [1.807, 2.05) is 0 Å². The Morgan fingerprint density at radius 3 is 2.72 bits per heavy atom. The highest BCUT2D eigenvalue weighted by Crippen LogP contribution is 2.26. The standard InChI is InChI=1S/C16H32N6O3/c1-10-8-14(18-5-4-17)21-15(19-10)22-16(23)20-11-2-3-12-13(9-11)25-7-6-24-12/h10-15,18-19,21H,2-9,17H2,1H3,(H2,20,22,23). The number of urea groups is 1. The molecule has 1 saturated carbocycles. The molecule has 6 atom stereocenters. The molecule has 25 heavy (non-hydrogen) atoms. The van der Waals surface area contributed by atoms with Gasteiger partial charge in [-0.3, -0.25) is 10.6 Å². The van der Waals surface area contributed by atoms with Crippen molar-refractivity contribution in [1.82, 2.24) is 26.6 Å². The molecule has 3 fully saturated rings. The molecular formula is C16H32N6O3. The number of fused-ring (bicyclic) bond motifs is 1. The molecule has 0 aromatic rings. The second-order valence-corrected chi connectivity index (χ2v) is 7.14. The first-order valence-electron chi connectivity index (χ1n) is 9.40. The summed E-state index contributed by atoms with van der Waals surface area (Å²) in [6, 6.07) is 0.247. The number of hydrogen-bond donors (Lipinski definition) is 6. The van der Waals surface area contributed by atoms with Gasteiger partial charge in [-0.2, -0.15) is 0 Å². The maximum Gasteiger partial charge on any atom is 0.317 e. The third-order valence-corrected chi connectivity index (χ3v) is 5.03. The van der Waals surface area contributed by atoms with Crippen molar-refractivity contribution in [3.63, 3.8) is 0 Å². The second-order valence-electron chi connectivity index (χ2n) is 7.14. The molecule has 6 unspecified atom stereocenters. The predicted octanol–water partition coefficient (Wildman–Crippen LogP) is -1.25. The van der Waals surface area contributed by atoms with E-state index in [0.29, 0.717) is 25.8 Å². The molecule has 0 bridgehead atoms. The van der Waals surface area contributed by atoms with Crippen LogP contribution in [-0.4, -0.2) is 69.1 Å². The van der Waals surface area contributed by atoms with E-state index in [4.69, 9.17) is 15.2 Å². The second kappa shape index (κ2) is 9.11. The maximum absolute atomic E-state index is 12.4. The van der Waals surface area contributed by atoms with Crippen molar-refractivity contribution in [2.24, 2.45) is 5.73 Å². The fourth-order valence-corrected chi connectivity index (χ4v) is 3.86. The summed E-state index contributed by atoms with van der Waals surface area (Å²) in [6.07, 6.45) is 3.73. The molecule has 3 aliphatic rings. The Kier molecular flexibility index (Phi) is 6.85. The summed E-state index contributed by atoms with van der Waals surface area (Å²) in [5.74, 6) is 0. The topological polar surface area (TPSA) is 122 Å². The van der Waals surface area contributed by atoms with Gasteiger partial charge in [0, 0.05) is 25.2 Å². The third kappa shape index (κ3) is 5.50. The molecule has 0 aromatic heterocycles. The lowest BCUT2D eigenvalue weighted by Crippen LogP contribution is -2.68. The lowest BCUT2D eigenvalue weighted by Gasteiger charge is -2.40. The van der Waals surface area contributed by atoms with Crippen LogP contribution in [0, 0.1) is 0 Å². The van der Waals surface area contributed by atoms with Crippen molar-refractivity contribution in [1.29, 1.82) is 0 Å². The Morgan fingerprint density at radius 2 is 1.92 bits per heavy atom. The van der Waals surface area contributed by atoms with E-state index in [-0.39, 0.29) is 36.7 Å². The number of hydrogen-bond acceptors (Lipinski definition) is 7. The highest BCUT2D eigenvalue weighted by atomic mass is 16.6. The van der Waals surface area contributed by atoms with Crippen LogP contribution in [0.4, 0.5) is 4.79 Å². The number of nitrogens with two attached hydrogens (primary N) is 1. The summed E-state index contributed by atoms with van der Waals surface area (Å²) in [5.41, 5.74) is 5.54. The largest absolute Gasteiger partial charge is 0.373 e. The summed E-state index contributed by atoms with van der Waals surface area (Å²) < 4.78 is 11.5. The van der Waals surface area contributed by atoms with Crippen LogP contribution in [0.3, 0.4) is 0 Å². The number of carbonyl (C=O) groups is 1.